The molecule has 30 heavy (non-hydrogen) atoms. The number of carbonyl (C=O) groups excluding carboxylic acids is 1. The molecule has 0 unspecified atom stereocenters. The van der Waals surface area contributed by atoms with Crippen LogP contribution in [-0.4, -0.2) is 55.4 Å². The van der Waals surface area contributed by atoms with Gasteiger partial charge in [0.05, 0.1) is 6.21 Å². The summed E-state index contributed by atoms with van der Waals surface area (Å²) < 4.78 is 18.7. The Kier molecular flexibility index (Phi) is 7.95. The molecule has 2 aromatic heterocycles. The van der Waals surface area contributed by atoms with Gasteiger partial charge < -0.3 is 5.73 Å². The maximum absolute atomic E-state index is 13.0. The Balaban J connectivity index is 0.00000320. The second kappa shape index (κ2) is 10.4. The number of nitrogens with one attached hydrogen (secondary N) is 1. The first-order valence-corrected chi connectivity index (χ1v) is 8.87. The van der Waals surface area contributed by atoms with Gasteiger partial charge in [0.25, 0.3) is 5.91 Å². The lowest BCUT2D eigenvalue weighted by atomic mass is 10.2. The third-order valence-corrected chi connectivity index (χ3v) is 4.17. The van der Waals surface area contributed by atoms with Gasteiger partial charge in [0.2, 0.25) is 11.6 Å². The van der Waals surface area contributed by atoms with Gasteiger partial charge >= 0.3 is 0 Å². The van der Waals surface area contributed by atoms with E-state index in [1.807, 2.05) is 13.8 Å². The Morgan fingerprint density at radius 2 is 2.00 bits per heavy atom. The Morgan fingerprint density at radius 3 is 2.60 bits per heavy atom. The molecule has 3 aromatic rings. The molecule has 0 spiro atoms. The number of anilines is 1. The van der Waals surface area contributed by atoms with Gasteiger partial charge in [-0.1, -0.05) is 31.2 Å². The van der Waals surface area contributed by atoms with Gasteiger partial charge in [-0.25, -0.2) is 14.4 Å². The van der Waals surface area contributed by atoms with Crippen LogP contribution in [0.4, 0.5) is 10.2 Å². The lowest BCUT2D eigenvalue weighted by molar-refractivity contribution is 0.0945. The molecule has 0 atom stereocenters. The second-order valence-electron chi connectivity index (χ2n) is 5.98. The molecule has 0 saturated carbocycles. The SMILES string of the molecule is CCN(CC)Cc1nnn(-c2nonc2N)c1C(=O)N/N=C/c1ccc(F)cc1.Cl. The van der Waals surface area contributed by atoms with Crippen molar-refractivity contribution in [3.63, 3.8) is 0 Å². The predicted molar refractivity (Wildman–Crippen MR) is 109 cm³/mol. The molecule has 2 heterocycles. The highest BCUT2D eigenvalue weighted by molar-refractivity contribution is 5.95. The minimum atomic E-state index is -0.571. The summed E-state index contributed by atoms with van der Waals surface area (Å²) in [4.78, 5) is 14.9. The fourth-order valence-corrected chi connectivity index (χ4v) is 2.56. The van der Waals surface area contributed by atoms with Crippen molar-refractivity contribution >= 4 is 30.3 Å². The zero-order valence-corrected chi connectivity index (χ0v) is 17.1. The molecule has 13 heteroatoms. The summed E-state index contributed by atoms with van der Waals surface area (Å²) in [6, 6.07) is 5.66. The fraction of sp³-hybridized carbons (Fsp3) is 0.294. The quantitative estimate of drug-likeness (QED) is 0.398. The molecule has 1 aromatic carbocycles. The van der Waals surface area contributed by atoms with Crippen molar-refractivity contribution in [2.75, 3.05) is 18.8 Å². The van der Waals surface area contributed by atoms with E-state index in [4.69, 9.17) is 5.73 Å². The molecule has 11 nitrogen and oxygen atoms in total. The molecular formula is C17H21ClFN9O2. The van der Waals surface area contributed by atoms with Gasteiger partial charge in [0.15, 0.2) is 5.69 Å². The molecule has 0 saturated heterocycles. The topological polar surface area (TPSA) is 140 Å². The van der Waals surface area contributed by atoms with Crippen LogP contribution in [0.3, 0.4) is 0 Å². The standard InChI is InChI=1S/C17H20FN9O2.ClH/c1-3-26(4-2)10-13-14(27(25-21-13)16-15(19)23-29-24-16)17(28)22-20-9-11-5-7-12(18)8-6-11;/h5-9H,3-4,10H2,1-2H3,(H2,19,23)(H,22,28);1H/b20-9+;. The minimum Gasteiger partial charge on any atom is -0.378 e. The van der Waals surface area contributed by atoms with E-state index < -0.39 is 5.91 Å². The van der Waals surface area contributed by atoms with Crippen molar-refractivity contribution in [3.8, 4) is 5.82 Å². The lowest BCUT2D eigenvalue weighted by Gasteiger charge is -2.16. The van der Waals surface area contributed by atoms with Crippen LogP contribution in [0.1, 0.15) is 35.6 Å². The first-order chi connectivity index (χ1) is 14.0. The van der Waals surface area contributed by atoms with Gasteiger partial charge in [0.1, 0.15) is 11.5 Å². The van der Waals surface area contributed by atoms with Crippen LogP contribution >= 0.6 is 12.4 Å². The molecule has 3 N–H and O–H groups in total. The largest absolute Gasteiger partial charge is 0.378 e. The zero-order chi connectivity index (χ0) is 20.8. The van der Waals surface area contributed by atoms with Crippen LogP contribution in [0.5, 0.6) is 0 Å². The van der Waals surface area contributed by atoms with E-state index in [1.54, 1.807) is 0 Å². The van der Waals surface area contributed by atoms with Crippen LogP contribution < -0.4 is 11.2 Å². The average Bonchev–Trinajstić information content (AvgIpc) is 3.33. The lowest BCUT2D eigenvalue weighted by Crippen LogP contribution is -2.27. The van der Waals surface area contributed by atoms with E-state index in [0.29, 0.717) is 17.8 Å². The highest BCUT2D eigenvalue weighted by atomic mass is 35.5. The number of benzene rings is 1. The Morgan fingerprint density at radius 1 is 1.30 bits per heavy atom. The van der Waals surface area contributed by atoms with Crippen molar-refractivity contribution in [3.05, 3.63) is 47.0 Å². The molecular weight excluding hydrogens is 417 g/mol. The van der Waals surface area contributed by atoms with Crippen LogP contribution in [-0.2, 0) is 6.54 Å². The summed E-state index contributed by atoms with van der Waals surface area (Å²) in [5, 5.41) is 19.2. The van der Waals surface area contributed by atoms with Gasteiger partial charge in [-0.3, -0.25) is 9.69 Å². The number of halogens is 2. The maximum Gasteiger partial charge on any atom is 0.292 e. The highest BCUT2D eigenvalue weighted by Gasteiger charge is 2.25. The molecule has 0 fully saturated rings. The van der Waals surface area contributed by atoms with Crippen molar-refractivity contribution in [2.45, 2.75) is 20.4 Å². The molecule has 0 aliphatic rings. The number of hydrogen-bond donors (Lipinski definition) is 2. The fourth-order valence-electron chi connectivity index (χ4n) is 2.56. The van der Waals surface area contributed by atoms with E-state index >= 15 is 0 Å². The van der Waals surface area contributed by atoms with Crippen LogP contribution in [0, 0.1) is 5.82 Å². The normalized spacial score (nSPS) is 11.1. The molecule has 0 aliphatic carbocycles. The summed E-state index contributed by atoms with van der Waals surface area (Å²) in [5.74, 6) is -0.914. The highest BCUT2D eigenvalue weighted by Crippen LogP contribution is 2.17. The van der Waals surface area contributed by atoms with E-state index in [0.717, 1.165) is 17.8 Å². The summed E-state index contributed by atoms with van der Waals surface area (Å²) in [6.45, 7) is 5.92. The minimum absolute atomic E-state index is 0. The monoisotopic (exact) mass is 437 g/mol. The van der Waals surface area contributed by atoms with Crippen molar-refractivity contribution in [1.82, 2.24) is 35.6 Å². The number of carbonyl (C=O) groups is 1. The number of nitrogens with two attached hydrogens (primary N) is 1. The average molecular weight is 438 g/mol. The molecule has 3 rings (SSSR count). The van der Waals surface area contributed by atoms with Gasteiger partial charge in [-0.05, 0) is 41.1 Å². The smallest absolute Gasteiger partial charge is 0.292 e. The first kappa shape index (κ1) is 22.9. The number of hydrazone groups is 1. The van der Waals surface area contributed by atoms with Crippen LogP contribution in [0.15, 0.2) is 34.0 Å². The third kappa shape index (κ3) is 5.15. The number of amides is 1. The summed E-state index contributed by atoms with van der Waals surface area (Å²) >= 11 is 0. The van der Waals surface area contributed by atoms with Crippen molar-refractivity contribution in [2.24, 2.45) is 5.10 Å². The van der Waals surface area contributed by atoms with Crippen LogP contribution in [0.25, 0.3) is 5.82 Å². The maximum atomic E-state index is 13.0. The zero-order valence-electron chi connectivity index (χ0n) is 16.3. The molecule has 1 amide bonds. The first-order valence-electron chi connectivity index (χ1n) is 8.87. The number of nitrogen functional groups attached to an aromatic ring is 1. The third-order valence-electron chi connectivity index (χ3n) is 4.17. The van der Waals surface area contributed by atoms with E-state index in [-0.39, 0.29) is 35.6 Å². The van der Waals surface area contributed by atoms with E-state index in [2.05, 4.69) is 40.7 Å². The molecule has 160 valence electrons. The summed E-state index contributed by atoms with van der Waals surface area (Å²) in [6.07, 6.45) is 1.39. The number of aromatic nitrogens is 5. The predicted octanol–water partition coefficient (Wildman–Crippen LogP) is 1.40. The Hall–Kier alpha value is -3.38. The van der Waals surface area contributed by atoms with Crippen molar-refractivity contribution in [1.29, 1.82) is 0 Å². The number of hydrogen-bond acceptors (Lipinski definition) is 9. The van der Waals surface area contributed by atoms with E-state index in [9.17, 15) is 9.18 Å². The molecule has 0 aliphatic heterocycles. The van der Waals surface area contributed by atoms with Gasteiger partial charge in [0, 0.05) is 6.54 Å². The summed E-state index contributed by atoms with van der Waals surface area (Å²) in [7, 11) is 0. The van der Waals surface area contributed by atoms with E-state index in [1.165, 1.54) is 30.5 Å². The molecule has 0 radical (unpaired) electrons. The molecule has 0 bridgehead atoms. The number of rotatable bonds is 8. The van der Waals surface area contributed by atoms with Crippen LogP contribution in [0.2, 0.25) is 0 Å². The Labute approximate surface area is 177 Å². The van der Waals surface area contributed by atoms with Gasteiger partial charge in [-0.15, -0.1) is 17.5 Å². The summed E-state index contributed by atoms with van der Waals surface area (Å²) in [5.41, 5.74) is 9.30. The second-order valence-corrected chi connectivity index (χ2v) is 5.98. The van der Waals surface area contributed by atoms with Crippen molar-refractivity contribution < 1.29 is 13.8 Å². The van der Waals surface area contributed by atoms with Gasteiger partial charge in [-0.2, -0.15) is 9.78 Å². The Bertz CT molecular complexity index is 999. The number of nitrogens with zero attached hydrogens (tertiary/aromatic N) is 7.